The SMILES string of the molecule is CN(C)CC#Cc1ccc2oc3nc(N)c(C(=O)O)cc3c(=O)c2c1. The number of carbonyl (C=O) groups is 1. The quantitative estimate of drug-likeness (QED) is 0.539. The molecule has 0 saturated carbocycles. The number of nitrogen functional groups attached to an aromatic ring is 1. The molecule has 0 spiro atoms. The van der Waals surface area contributed by atoms with Gasteiger partial charge in [-0.25, -0.2) is 4.79 Å². The highest BCUT2D eigenvalue weighted by molar-refractivity contribution is 5.98. The van der Waals surface area contributed by atoms with Gasteiger partial charge in [-0.3, -0.25) is 9.69 Å². The minimum absolute atomic E-state index is 0.00596. The third-order valence-corrected chi connectivity index (χ3v) is 3.55. The Labute approximate surface area is 142 Å². The smallest absolute Gasteiger partial charge is 0.339 e. The summed E-state index contributed by atoms with van der Waals surface area (Å²) in [6.45, 7) is 0.593. The first-order valence-corrected chi connectivity index (χ1v) is 7.41. The topological polar surface area (TPSA) is 110 Å². The molecule has 0 unspecified atom stereocenters. The lowest BCUT2D eigenvalue weighted by Gasteiger charge is -2.04. The number of fused-ring (bicyclic) bond motifs is 2. The summed E-state index contributed by atoms with van der Waals surface area (Å²) in [5.74, 6) is 4.52. The Balaban J connectivity index is 2.22. The second-order valence-corrected chi connectivity index (χ2v) is 5.76. The number of aromatic nitrogens is 1. The molecule has 7 heteroatoms. The average molecular weight is 337 g/mol. The van der Waals surface area contributed by atoms with Gasteiger partial charge in [0.2, 0.25) is 11.1 Å². The van der Waals surface area contributed by atoms with Gasteiger partial charge in [0.15, 0.2) is 0 Å². The Kier molecular flexibility index (Phi) is 4.13. The van der Waals surface area contributed by atoms with E-state index in [4.69, 9.17) is 15.3 Å². The molecule has 0 amide bonds. The summed E-state index contributed by atoms with van der Waals surface area (Å²) >= 11 is 0. The van der Waals surface area contributed by atoms with Crippen molar-refractivity contribution in [3.63, 3.8) is 0 Å². The molecular weight excluding hydrogens is 322 g/mol. The minimum Gasteiger partial charge on any atom is -0.478 e. The fourth-order valence-electron chi connectivity index (χ4n) is 2.34. The fourth-order valence-corrected chi connectivity index (χ4v) is 2.34. The van der Waals surface area contributed by atoms with E-state index in [-0.39, 0.29) is 27.9 Å². The van der Waals surface area contributed by atoms with Gasteiger partial charge in [-0.1, -0.05) is 11.8 Å². The molecule has 2 heterocycles. The summed E-state index contributed by atoms with van der Waals surface area (Å²) in [6, 6.07) is 6.20. The second kappa shape index (κ2) is 6.26. The highest BCUT2D eigenvalue weighted by Gasteiger charge is 2.16. The van der Waals surface area contributed by atoms with Gasteiger partial charge in [-0.2, -0.15) is 4.98 Å². The highest BCUT2D eigenvalue weighted by atomic mass is 16.4. The van der Waals surface area contributed by atoms with Crippen molar-refractivity contribution in [2.24, 2.45) is 0 Å². The van der Waals surface area contributed by atoms with Gasteiger partial charge in [0.25, 0.3) is 0 Å². The van der Waals surface area contributed by atoms with Crippen molar-refractivity contribution in [2.75, 3.05) is 26.4 Å². The van der Waals surface area contributed by atoms with Crippen LogP contribution in [0.4, 0.5) is 5.82 Å². The average Bonchev–Trinajstić information content (AvgIpc) is 2.54. The molecule has 0 aliphatic carbocycles. The molecule has 7 nitrogen and oxygen atoms in total. The number of hydrogen-bond donors (Lipinski definition) is 2. The van der Waals surface area contributed by atoms with E-state index in [1.165, 1.54) is 6.07 Å². The molecule has 1 aromatic carbocycles. The van der Waals surface area contributed by atoms with Crippen molar-refractivity contribution in [3.05, 3.63) is 45.6 Å². The number of nitrogens with two attached hydrogens (primary N) is 1. The zero-order chi connectivity index (χ0) is 18.1. The number of carboxylic acid groups (broad SMARTS) is 1. The number of benzene rings is 1. The molecule has 0 aliphatic heterocycles. The first-order chi connectivity index (χ1) is 11.9. The first-order valence-electron chi connectivity index (χ1n) is 7.41. The van der Waals surface area contributed by atoms with Crippen LogP contribution < -0.4 is 11.2 Å². The number of hydrogen-bond acceptors (Lipinski definition) is 6. The predicted molar refractivity (Wildman–Crippen MR) is 94.6 cm³/mol. The lowest BCUT2D eigenvalue weighted by molar-refractivity contribution is 0.0698. The summed E-state index contributed by atoms with van der Waals surface area (Å²) in [4.78, 5) is 29.7. The molecule has 3 N–H and O–H groups in total. The largest absolute Gasteiger partial charge is 0.478 e. The van der Waals surface area contributed by atoms with E-state index >= 15 is 0 Å². The van der Waals surface area contributed by atoms with Crippen LogP contribution in [0.5, 0.6) is 0 Å². The van der Waals surface area contributed by atoms with E-state index in [2.05, 4.69) is 16.8 Å². The van der Waals surface area contributed by atoms with Crippen molar-refractivity contribution in [1.29, 1.82) is 0 Å². The van der Waals surface area contributed by atoms with Crippen LogP contribution in [0, 0.1) is 11.8 Å². The fraction of sp³-hybridized carbons (Fsp3) is 0.167. The van der Waals surface area contributed by atoms with E-state index in [0.717, 1.165) is 0 Å². The molecule has 0 bridgehead atoms. The maximum atomic E-state index is 12.7. The van der Waals surface area contributed by atoms with E-state index in [0.29, 0.717) is 23.1 Å². The van der Waals surface area contributed by atoms with Crippen LogP contribution in [-0.2, 0) is 0 Å². The number of aromatic carboxylic acids is 1. The molecule has 2 aromatic heterocycles. The van der Waals surface area contributed by atoms with E-state index < -0.39 is 5.97 Å². The standard InChI is InChI=1S/C18H15N3O4/c1-21(2)7-3-4-10-5-6-14-11(8-10)15(22)12-9-13(18(23)24)16(19)20-17(12)25-14/h5-6,8-9H,7H2,1-2H3,(H2,19,20)(H,23,24). The van der Waals surface area contributed by atoms with Gasteiger partial charge in [0, 0.05) is 5.56 Å². The molecule has 0 aliphatic rings. The van der Waals surface area contributed by atoms with Crippen molar-refractivity contribution in [1.82, 2.24) is 9.88 Å². The summed E-state index contributed by atoms with van der Waals surface area (Å²) in [5, 5.41) is 9.52. The Bertz CT molecular complexity index is 1120. The van der Waals surface area contributed by atoms with Crippen LogP contribution in [0.3, 0.4) is 0 Å². The zero-order valence-electron chi connectivity index (χ0n) is 13.7. The van der Waals surface area contributed by atoms with Gasteiger partial charge in [0.1, 0.15) is 17.0 Å². The Morgan fingerprint density at radius 3 is 2.76 bits per heavy atom. The number of rotatable bonds is 2. The lowest BCUT2D eigenvalue weighted by atomic mass is 10.1. The molecular formula is C18H15N3O4. The van der Waals surface area contributed by atoms with Crippen molar-refractivity contribution in [3.8, 4) is 11.8 Å². The van der Waals surface area contributed by atoms with Gasteiger partial charge in [-0.05, 0) is 38.4 Å². The van der Waals surface area contributed by atoms with Crippen LogP contribution in [0.2, 0.25) is 0 Å². The Hall–Kier alpha value is -3.37. The molecule has 3 rings (SSSR count). The maximum absolute atomic E-state index is 12.7. The van der Waals surface area contributed by atoms with E-state index in [9.17, 15) is 9.59 Å². The predicted octanol–water partition coefficient (Wildman–Crippen LogP) is 1.53. The normalized spacial score (nSPS) is 10.8. The number of nitrogens with zero attached hydrogens (tertiary/aromatic N) is 2. The third-order valence-electron chi connectivity index (χ3n) is 3.55. The minimum atomic E-state index is -1.25. The second-order valence-electron chi connectivity index (χ2n) is 5.76. The molecule has 0 atom stereocenters. The lowest BCUT2D eigenvalue weighted by Crippen LogP contribution is -2.10. The van der Waals surface area contributed by atoms with Gasteiger partial charge in [0.05, 0.1) is 17.3 Å². The Morgan fingerprint density at radius 2 is 2.08 bits per heavy atom. The third kappa shape index (κ3) is 3.16. The Morgan fingerprint density at radius 1 is 1.32 bits per heavy atom. The monoisotopic (exact) mass is 337 g/mol. The van der Waals surface area contributed by atoms with E-state index in [1.54, 1.807) is 18.2 Å². The van der Waals surface area contributed by atoms with Crippen LogP contribution >= 0.6 is 0 Å². The van der Waals surface area contributed by atoms with Gasteiger partial charge in [-0.15, -0.1) is 0 Å². The van der Waals surface area contributed by atoms with Crippen LogP contribution in [-0.4, -0.2) is 41.6 Å². The summed E-state index contributed by atoms with van der Waals surface area (Å²) in [6.07, 6.45) is 0. The van der Waals surface area contributed by atoms with Gasteiger partial charge < -0.3 is 15.3 Å². The number of anilines is 1. The zero-order valence-corrected chi connectivity index (χ0v) is 13.7. The van der Waals surface area contributed by atoms with Crippen molar-refractivity contribution < 1.29 is 14.3 Å². The maximum Gasteiger partial charge on any atom is 0.339 e. The summed E-state index contributed by atoms with van der Waals surface area (Å²) in [5.41, 5.74) is 6.01. The first kappa shape index (κ1) is 16.5. The molecule has 0 saturated heterocycles. The molecule has 0 radical (unpaired) electrons. The van der Waals surface area contributed by atoms with Crippen molar-refractivity contribution >= 4 is 33.9 Å². The van der Waals surface area contributed by atoms with Crippen LogP contribution in [0.25, 0.3) is 22.1 Å². The summed E-state index contributed by atoms with van der Waals surface area (Å²) < 4.78 is 5.60. The molecule has 3 aromatic rings. The van der Waals surface area contributed by atoms with Crippen molar-refractivity contribution in [2.45, 2.75) is 0 Å². The number of carboxylic acids is 1. The van der Waals surface area contributed by atoms with E-state index in [1.807, 2.05) is 19.0 Å². The van der Waals surface area contributed by atoms with Gasteiger partial charge >= 0.3 is 5.97 Å². The molecule has 126 valence electrons. The highest BCUT2D eigenvalue weighted by Crippen LogP contribution is 2.21. The van der Waals surface area contributed by atoms with Crippen LogP contribution in [0.1, 0.15) is 15.9 Å². The summed E-state index contributed by atoms with van der Waals surface area (Å²) in [7, 11) is 3.82. The molecule has 25 heavy (non-hydrogen) atoms. The van der Waals surface area contributed by atoms with Crippen LogP contribution in [0.15, 0.2) is 33.5 Å². The molecule has 0 fully saturated rings. The number of pyridine rings is 1.